The SMILES string of the molecule is Cc1nc(-c2cc3c(OCC(O)CN4CCC(c5ccc6ccccc6c5)CC4)cccc3o2)cs1. The predicted molar refractivity (Wildman–Crippen MR) is 146 cm³/mol. The number of hydrogen-bond donors (Lipinski definition) is 1. The van der Waals surface area contributed by atoms with E-state index in [1.165, 1.54) is 16.3 Å². The van der Waals surface area contributed by atoms with Crippen molar-refractivity contribution in [2.45, 2.75) is 31.8 Å². The zero-order chi connectivity index (χ0) is 24.5. The van der Waals surface area contributed by atoms with Crippen molar-refractivity contribution >= 4 is 33.1 Å². The van der Waals surface area contributed by atoms with Gasteiger partial charge in [-0.1, -0.05) is 48.5 Å². The number of piperidine rings is 1. The van der Waals surface area contributed by atoms with E-state index in [1.54, 1.807) is 11.3 Å². The number of aromatic nitrogens is 1. The van der Waals surface area contributed by atoms with Crippen LogP contribution in [-0.4, -0.2) is 47.3 Å². The lowest BCUT2D eigenvalue weighted by Gasteiger charge is -2.33. The number of likely N-dealkylation sites (tertiary alicyclic amines) is 1. The van der Waals surface area contributed by atoms with E-state index in [1.807, 2.05) is 36.6 Å². The highest BCUT2D eigenvalue weighted by Gasteiger charge is 2.23. The summed E-state index contributed by atoms with van der Waals surface area (Å²) in [5.41, 5.74) is 3.03. The number of β-amino-alcohol motifs (C(OH)–C–C–N with tert-alkyl or cyclic N) is 1. The zero-order valence-electron chi connectivity index (χ0n) is 20.4. The smallest absolute Gasteiger partial charge is 0.154 e. The number of rotatable bonds is 7. The third-order valence-corrected chi connectivity index (χ3v) is 7.90. The largest absolute Gasteiger partial charge is 0.490 e. The van der Waals surface area contributed by atoms with Crippen LogP contribution in [0.1, 0.15) is 29.3 Å². The van der Waals surface area contributed by atoms with Crippen molar-refractivity contribution in [2.24, 2.45) is 0 Å². The number of thiazole rings is 1. The number of ether oxygens (including phenoxy) is 1. The van der Waals surface area contributed by atoms with Crippen LogP contribution in [0.25, 0.3) is 33.2 Å². The molecule has 0 aliphatic carbocycles. The van der Waals surface area contributed by atoms with Gasteiger partial charge in [0.2, 0.25) is 0 Å². The number of aryl methyl sites for hydroxylation is 1. The molecule has 2 aromatic heterocycles. The quantitative estimate of drug-likeness (QED) is 0.273. The fourth-order valence-corrected chi connectivity index (χ4v) is 5.81. The molecule has 1 saturated heterocycles. The van der Waals surface area contributed by atoms with Gasteiger partial charge in [0.1, 0.15) is 29.7 Å². The molecule has 1 atom stereocenters. The van der Waals surface area contributed by atoms with Gasteiger partial charge in [0, 0.05) is 11.9 Å². The molecule has 6 heteroatoms. The molecular formula is C30H30N2O3S. The van der Waals surface area contributed by atoms with Crippen molar-refractivity contribution in [1.82, 2.24) is 9.88 Å². The fourth-order valence-electron chi connectivity index (χ4n) is 5.21. The Morgan fingerprint density at radius 2 is 1.89 bits per heavy atom. The van der Waals surface area contributed by atoms with Gasteiger partial charge in [-0.2, -0.15) is 0 Å². The molecule has 3 aromatic carbocycles. The normalized spacial score (nSPS) is 16.1. The van der Waals surface area contributed by atoms with Gasteiger partial charge in [0.15, 0.2) is 5.76 Å². The van der Waals surface area contributed by atoms with Crippen LogP contribution >= 0.6 is 11.3 Å². The third-order valence-electron chi connectivity index (χ3n) is 7.13. The van der Waals surface area contributed by atoms with Crippen molar-refractivity contribution in [3.05, 3.63) is 82.7 Å². The van der Waals surface area contributed by atoms with Gasteiger partial charge in [-0.05, 0) is 73.3 Å². The number of benzene rings is 3. The minimum Gasteiger partial charge on any atom is -0.490 e. The second kappa shape index (κ2) is 10.1. The number of aliphatic hydroxyl groups excluding tert-OH is 1. The number of aliphatic hydroxyl groups is 1. The molecule has 6 rings (SSSR count). The van der Waals surface area contributed by atoms with E-state index in [9.17, 15) is 5.11 Å². The second-order valence-corrected chi connectivity index (χ2v) is 10.7. The number of nitrogens with zero attached hydrogens (tertiary/aromatic N) is 2. The molecule has 36 heavy (non-hydrogen) atoms. The summed E-state index contributed by atoms with van der Waals surface area (Å²) < 4.78 is 12.1. The number of hydrogen-bond acceptors (Lipinski definition) is 6. The Balaban J connectivity index is 1.04. The average Bonchev–Trinajstić information content (AvgIpc) is 3.54. The molecule has 184 valence electrons. The summed E-state index contributed by atoms with van der Waals surface area (Å²) >= 11 is 1.60. The summed E-state index contributed by atoms with van der Waals surface area (Å²) in [6.07, 6.45) is 1.67. The summed E-state index contributed by atoms with van der Waals surface area (Å²) in [4.78, 5) is 6.88. The molecule has 5 nitrogen and oxygen atoms in total. The molecule has 1 fully saturated rings. The highest BCUT2D eigenvalue weighted by Crippen LogP contribution is 2.34. The van der Waals surface area contributed by atoms with Gasteiger partial charge in [0.05, 0.1) is 10.4 Å². The van der Waals surface area contributed by atoms with Gasteiger partial charge in [-0.3, -0.25) is 0 Å². The van der Waals surface area contributed by atoms with Gasteiger partial charge in [-0.25, -0.2) is 4.98 Å². The van der Waals surface area contributed by atoms with Crippen LogP contribution < -0.4 is 4.74 Å². The lowest BCUT2D eigenvalue weighted by Crippen LogP contribution is -2.40. The third kappa shape index (κ3) is 4.89. The van der Waals surface area contributed by atoms with Crippen molar-refractivity contribution in [1.29, 1.82) is 0 Å². The molecular weight excluding hydrogens is 468 g/mol. The summed E-state index contributed by atoms with van der Waals surface area (Å²) in [6, 6.07) is 23.2. The van der Waals surface area contributed by atoms with Gasteiger partial charge < -0.3 is 19.2 Å². The second-order valence-electron chi connectivity index (χ2n) is 9.68. The number of fused-ring (bicyclic) bond motifs is 2. The highest BCUT2D eigenvalue weighted by molar-refractivity contribution is 7.09. The Hall–Kier alpha value is -3.19. The van der Waals surface area contributed by atoms with Crippen molar-refractivity contribution in [3.63, 3.8) is 0 Å². The van der Waals surface area contributed by atoms with Crippen LogP contribution in [0.4, 0.5) is 0 Å². The first-order chi connectivity index (χ1) is 17.6. The molecule has 1 aliphatic rings. The van der Waals surface area contributed by atoms with Crippen LogP contribution in [0.3, 0.4) is 0 Å². The Labute approximate surface area is 215 Å². The van der Waals surface area contributed by atoms with Crippen LogP contribution in [0.2, 0.25) is 0 Å². The maximum Gasteiger partial charge on any atom is 0.154 e. The molecule has 0 amide bonds. The monoisotopic (exact) mass is 498 g/mol. The molecule has 0 spiro atoms. The van der Waals surface area contributed by atoms with Gasteiger partial charge in [0.25, 0.3) is 0 Å². The Kier molecular flexibility index (Phi) is 6.48. The molecule has 1 N–H and O–H groups in total. The fraction of sp³-hybridized carbons (Fsp3) is 0.300. The van der Waals surface area contributed by atoms with E-state index < -0.39 is 6.10 Å². The molecule has 0 bridgehead atoms. The maximum absolute atomic E-state index is 10.7. The zero-order valence-corrected chi connectivity index (χ0v) is 21.2. The summed E-state index contributed by atoms with van der Waals surface area (Å²) in [6.45, 7) is 4.83. The van der Waals surface area contributed by atoms with Crippen LogP contribution in [0.15, 0.2) is 76.5 Å². The van der Waals surface area contributed by atoms with Crippen molar-refractivity contribution < 1.29 is 14.3 Å². The van der Waals surface area contributed by atoms with Crippen LogP contribution in [0.5, 0.6) is 5.75 Å². The Bertz CT molecular complexity index is 1480. The minimum atomic E-state index is -0.551. The highest BCUT2D eigenvalue weighted by atomic mass is 32.1. The first kappa shape index (κ1) is 23.2. The molecule has 1 aliphatic heterocycles. The van der Waals surface area contributed by atoms with Crippen LogP contribution in [0, 0.1) is 6.92 Å². The topological polar surface area (TPSA) is 58.7 Å². The summed E-state index contributed by atoms with van der Waals surface area (Å²) in [5.74, 6) is 2.04. The average molecular weight is 499 g/mol. The van der Waals surface area contributed by atoms with Crippen molar-refractivity contribution in [2.75, 3.05) is 26.2 Å². The maximum atomic E-state index is 10.7. The summed E-state index contributed by atoms with van der Waals surface area (Å²) in [7, 11) is 0. The van der Waals surface area contributed by atoms with E-state index in [4.69, 9.17) is 9.15 Å². The minimum absolute atomic E-state index is 0.250. The van der Waals surface area contributed by atoms with E-state index in [0.717, 1.165) is 59.1 Å². The van der Waals surface area contributed by atoms with E-state index >= 15 is 0 Å². The number of furan rings is 1. The molecule has 5 aromatic rings. The first-order valence-corrected chi connectivity index (χ1v) is 13.5. The molecule has 3 heterocycles. The lowest BCUT2D eigenvalue weighted by molar-refractivity contribution is 0.0599. The van der Waals surface area contributed by atoms with Crippen LogP contribution in [-0.2, 0) is 0 Å². The summed E-state index contributed by atoms with van der Waals surface area (Å²) in [5, 5.41) is 17.2. The molecule has 0 radical (unpaired) electrons. The Morgan fingerprint density at radius 3 is 2.69 bits per heavy atom. The van der Waals surface area contributed by atoms with E-state index in [2.05, 4.69) is 52.3 Å². The Morgan fingerprint density at radius 1 is 1.06 bits per heavy atom. The van der Waals surface area contributed by atoms with E-state index in [-0.39, 0.29) is 6.61 Å². The van der Waals surface area contributed by atoms with Crippen molar-refractivity contribution in [3.8, 4) is 17.2 Å². The molecule has 1 unspecified atom stereocenters. The van der Waals surface area contributed by atoms with E-state index in [0.29, 0.717) is 12.5 Å². The molecule has 0 saturated carbocycles. The first-order valence-electron chi connectivity index (χ1n) is 12.6. The standard InChI is InChI=1S/C30H30N2O3S/c1-20-31-27(19-36-20)30-16-26-28(7-4-8-29(26)35-30)34-18-25(33)17-32-13-11-22(12-14-32)24-10-9-21-5-2-3-6-23(21)15-24/h2-10,15-16,19,22,25,33H,11-14,17-18H2,1H3. The predicted octanol–water partition coefficient (Wildman–Crippen LogP) is 6.64. The van der Waals surface area contributed by atoms with Gasteiger partial charge in [-0.15, -0.1) is 11.3 Å². The van der Waals surface area contributed by atoms with Gasteiger partial charge >= 0.3 is 0 Å². The lowest BCUT2D eigenvalue weighted by atomic mass is 9.88.